The summed E-state index contributed by atoms with van der Waals surface area (Å²) in [5, 5.41) is 4.01. The number of anilines is 2. The molecular weight excluding hydrogens is 222 g/mol. The Kier molecular flexibility index (Phi) is 3.82. The molecule has 3 N–H and O–H groups in total. The van der Waals surface area contributed by atoms with Crippen LogP contribution in [0.15, 0.2) is 5.16 Å². The molecule has 0 bridgehead atoms. The van der Waals surface area contributed by atoms with Crippen LogP contribution in [0.2, 0.25) is 0 Å². The number of rotatable bonds is 3. The minimum atomic E-state index is 0.289. The molecule has 6 heteroatoms. The fraction of sp³-hybridized carbons (Fsp3) is 0.700. The standard InChI is InChI=1S/C10H17N5S/c1-16-10-14-8(11)13-9(15-10)12-7-5-3-2-4-6-7/h7H,2-6H2,1H3,(H3,11,12,13,14,15). The molecule has 0 unspecified atom stereocenters. The van der Waals surface area contributed by atoms with Crippen LogP contribution in [-0.2, 0) is 0 Å². The molecule has 1 saturated carbocycles. The molecule has 0 amide bonds. The summed E-state index contributed by atoms with van der Waals surface area (Å²) in [5.74, 6) is 0.904. The van der Waals surface area contributed by atoms with E-state index in [4.69, 9.17) is 5.73 Å². The molecule has 0 saturated heterocycles. The van der Waals surface area contributed by atoms with Gasteiger partial charge in [-0.1, -0.05) is 31.0 Å². The monoisotopic (exact) mass is 239 g/mol. The number of thioether (sulfide) groups is 1. The molecule has 1 aliphatic carbocycles. The molecule has 1 aromatic heterocycles. The summed E-state index contributed by atoms with van der Waals surface area (Å²) in [6, 6.07) is 0.491. The summed E-state index contributed by atoms with van der Waals surface area (Å²) in [5.41, 5.74) is 5.62. The Balaban J connectivity index is 2.04. The first-order valence-corrected chi connectivity index (χ1v) is 6.82. The molecule has 0 atom stereocenters. The van der Waals surface area contributed by atoms with E-state index < -0.39 is 0 Å². The Hall–Kier alpha value is -1.04. The van der Waals surface area contributed by atoms with Crippen LogP contribution in [0.5, 0.6) is 0 Å². The molecule has 1 fully saturated rings. The van der Waals surface area contributed by atoms with Crippen LogP contribution < -0.4 is 11.1 Å². The molecule has 88 valence electrons. The average Bonchev–Trinajstić information content (AvgIpc) is 2.29. The van der Waals surface area contributed by atoms with Crippen molar-refractivity contribution >= 4 is 23.7 Å². The third-order valence-electron chi connectivity index (χ3n) is 2.75. The maximum Gasteiger partial charge on any atom is 0.228 e. The van der Waals surface area contributed by atoms with Gasteiger partial charge in [0.05, 0.1) is 0 Å². The van der Waals surface area contributed by atoms with Gasteiger partial charge in [-0.05, 0) is 19.1 Å². The lowest BCUT2D eigenvalue weighted by molar-refractivity contribution is 0.460. The molecule has 5 nitrogen and oxygen atoms in total. The molecule has 0 radical (unpaired) electrons. The van der Waals surface area contributed by atoms with E-state index in [0.717, 1.165) is 0 Å². The maximum atomic E-state index is 5.62. The normalized spacial score (nSPS) is 17.3. The molecular formula is C10H17N5S. The second-order valence-electron chi connectivity index (χ2n) is 3.98. The van der Waals surface area contributed by atoms with Crippen LogP contribution in [0.4, 0.5) is 11.9 Å². The van der Waals surface area contributed by atoms with Crippen molar-refractivity contribution in [3.63, 3.8) is 0 Å². The van der Waals surface area contributed by atoms with Gasteiger partial charge in [0.25, 0.3) is 0 Å². The number of hydrogen-bond donors (Lipinski definition) is 2. The number of nitrogens with one attached hydrogen (secondary N) is 1. The number of hydrogen-bond acceptors (Lipinski definition) is 6. The van der Waals surface area contributed by atoms with Crippen molar-refractivity contribution in [1.82, 2.24) is 15.0 Å². The molecule has 0 aromatic carbocycles. The maximum absolute atomic E-state index is 5.62. The van der Waals surface area contributed by atoms with Crippen molar-refractivity contribution in [2.45, 2.75) is 43.3 Å². The Bertz CT molecular complexity index is 351. The minimum absolute atomic E-state index is 0.289. The largest absolute Gasteiger partial charge is 0.368 e. The zero-order valence-electron chi connectivity index (χ0n) is 9.44. The van der Waals surface area contributed by atoms with E-state index in [1.165, 1.54) is 43.9 Å². The highest BCUT2D eigenvalue weighted by molar-refractivity contribution is 7.98. The summed E-state index contributed by atoms with van der Waals surface area (Å²) < 4.78 is 0. The summed E-state index contributed by atoms with van der Waals surface area (Å²) in [6.45, 7) is 0. The quantitative estimate of drug-likeness (QED) is 0.785. The Morgan fingerprint density at radius 1 is 1.19 bits per heavy atom. The Morgan fingerprint density at radius 3 is 2.62 bits per heavy atom. The number of nitrogen functional groups attached to an aromatic ring is 1. The lowest BCUT2D eigenvalue weighted by Gasteiger charge is -2.22. The van der Waals surface area contributed by atoms with E-state index in [1.807, 2.05) is 6.26 Å². The second-order valence-corrected chi connectivity index (χ2v) is 4.76. The summed E-state index contributed by atoms with van der Waals surface area (Å²) in [4.78, 5) is 12.4. The SMILES string of the molecule is CSc1nc(N)nc(NC2CCCCC2)n1. The van der Waals surface area contributed by atoms with Crippen molar-refractivity contribution in [3.8, 4) is 0 Å². The zero-order valence-corrected chi connectivity index (χ0v) is 10.3. The fourth-order valence-electron chi connectivity index (χ4n) is 1.96. The highest BCUT2D eigenvalue weighted by Crippen LogP contribution is 2.21. The molecule has 0 spiro atoms. The summed E-state index contributed by atoms with van der Waals surface area (Å²) in [6.07, 6.45) is 8.23. The first-order chi connectivity index (χ1) is 7.78. The topological polar surface area (TPSA) is 76.7 Å². The number of nitrogens with zero attached hydrogens (tertiary/aromatic N) is 3. The van der Waals surface area contributed by atoms with Gasteiger partial charge in [-0.2, -0.15) is 15.0 Å². The lowest BCUT2D eigenvalue weighted by Crippen LogP contribution is -2.24. The molecule has 1 aliphatic rings. The predicted octanol–water partition coefficient (Wildman–Crippen LogP) is 1.92. The van der Waals surface area contributed by atoms with Gasteiger partial charge in [-0.25, -0.2) is 0 Å². The highest BCUT2D eigenvalue weighted by atomic mass is 32.2. The van der Waals surface area contributed by atoms with E-state index in [9.17, 15) is 0 Å². The van der Waals surface area contributed by atoms with Crippen molar-refractivity contribution < 1.29 is 0 Å². The van der Waals surface area contributed by atoms with Gasteiger partial charge in [0.15, 0.2) is 5.16 Å². The third-order valence-corrected chi connectivity index (χ3v) is 3.30. The van der Waals surface area contributed by atoms with E-state index in [2.05, 4.69) is 20.3 Å². The first-order valence-electron chi connectivity index (χ1n) is 5.60. The van der Waals surface area contributed by atoms with Gasteiger partial charge in [-0.15, -0.1) is 0 Å². The van der Waals surface area contributed by atoms with Gasteiger partial charge < -0.3 is 11.1 Å². The lowest BCUT2D eigenvalue weighted by atomic mass is 9.96. The predicted molar refractivity (Wildman–Crippen MR) is 66.5 cm³/mol. The molecule has 0 aliphatic heterocycles. The van der Waals surface area contributed by atoms with Crippen molar-refractivity contribution in [1.29, 1.82) is 0 Å². The van der Waals surface area contributed by atoms with E-state index in [1.54, 1.807) is 0 Å². The molecule has 1 aromatic rings. The van der Waals surface area contributed by atoms with Crippen LogP contribution >= 0.6 is 11.8 Å². The summed E-state index contributed by atoms with van der Waals surface area (Å²) >= 11 is 1.48. The van der Waals surface area contributed by atoms with E-state index in [-0.39, 0.29) is 5.95 Å². The van der Waals surface area contributed by atoms with E-state index >= 15 is 0 Å². The van der Waals surface area contributed by atoms with Gasteiger partial charge in [-0.3, -0.25) is 0 Å². The van der Waals surface area contributed by atoms with Crippen LogP contribution in [0, 0.1) is 0 Å². The zero-order chi connectivity index (χ0) is 11.4. The molecule has 16 heavy (non-hydrogen) atoms. The molecule has 2 rings (SSSR count). The Morgan fingerprint density at radius 2 is 1.94 bits per heavy atom. The molecule has 1 heterocycles. The van der Waals surface area contributed by atoms with Crippen molar-refractivity contribution in [2.24, 2.45) is 0 Å². The third kappa shape index (κ3) is 2.98. The number of aromatic nitrogens is 3. The van der Waals surface area contributed by atoms with Crippen LogP contribution in [0.25, 0.3) is 0 Å². The van der Waals surface area contributed by atoms with Crippen molar-refractivity contribution in [3.05, 3.63) is 0 Å². The summed E-state index contributed by atoms with van der Waals surface area (Å²) in [7, 11) is 0. The van der Waals surface area contributed by atoms with Crippen molar-refractivity contribution in [2.75, 3.05) is 17.3 Å². The van der Waals surface area contributed by atoms with Crippen LogP contribution in [0.1, 0.15) is 32.1 Å². The van der Waals surface area contributed by atoms with Crippen LogP contribution in [0.3, 0.4) is 0 Å². The smallest absolute Gasteiger partial charge is 0.228 e. The fourth-order valence-corrected chi connectivity index (χ4v) is 2.32. The minimum Gasteiger partial charge on any atom is -0.368 e. The highest BCUT2D eigenvalue weighted by Gasteiger charge is 2.14. The second kappa shape index (κ2) is 5.34. The number of nitrogens with two attached hydrogens (primary N) is 1. The Labute approximate surface area is 99.7 Å². The van der Waals surface area contributed by atoms with E-state index in [0.29, 0.717) is 17.1 Å². The van der Waals surface area contributed by atoms with Gasteiger partial charge in [0.1, 0.15) is 0 Å². The van der Waals surface area contributed by atoms with Gasteiger partial charge >= 0.3 is 0 Å². The van der Waals surface area contributed by atoms with Gasteiger partial charge in [0, 0.05) is 6.04 Å². The van der Waals surface area contributed by atoms with Crippen LogP contribution in [-0.4, -0.2) is 27.2 Å². The van der Waals surface area contributed by atoms with Gasteiger partial charge in [0.2, 0.25) is 11.9 Å². The first kappa shape index (κ1) is 11.4. The average molecular weight is 239 g/mol.